The molecule has 1 aliphatic rings. The van der Waals surface area contributed by atoms with Gasteiger partial charge in [-0.1, -0.05) is 19.3 Å². The van der Waals surface area contributed by atoms with E-state index < -0.39 is 0 Å². The number of nitrogens with one attached hydrogen (secondary N) is 2. The number of aromatic nitrogens is 2. The van der Waals surface area contributed by atoms with E-state index in [1.807, 2.05) is 6.92 Å². The highest BCUT2D eigenvalue weighted by Crippen LogP contribution is 2.27. The van der Waals surface area contributed by atoms with E-state index in [4.69, 9.17) is 0 Å². The summed E-state index contributed by atoms with van der Waals surface area (Å²) in [6, 6.07) is 3.50. The summed E-state index contributed by atoms with van der Waals surface area (Å²) < 4.78 is 0. The fourth-order valence-electron chi connectivity index (χ4n) is 2.52. The van der Waals surface area contributed by atoms with E-state index in [1.54, 1.807) is 12.1 Å². The van der Waals surface area contributed by atoms with Crippen molar-refractivity contribution in [1.82, 2.24) is 15.5 Å². The Morgan fingerprint density at radius 1 is 1.26 bits per heavy atom. The average molecular weight is 262 g/mol. The Kier molecular flexibility index (Phi) is 4.35. The van der Waals surface area contributed by atoms with Crippen molar-refractivity contribution in [3.8, 4) is 0 Å². The van der Waals surface area contributed by atoms with Crippen LogP contribution in [0.1, 0.15) is 56.4 Å². The highest BCUT2D eigenvalue weighted by Gasteiger charge is 2.29. The molecule has 19 heavy (non-hydrogen) atoms. The van der Waals surface area contributed by atoms with Crippen molar-refractivity contribution in [1.29, 1.82) is 0 Å². The molecule has 1 heterocycles. The molecule has 0 spiro atoms. The van der Waals surface area contributed by atoms with Gasteiger partial charge in [-0.2, -0.15) is 0 Å². The van der Waals surface area contributed by atoms with Gasteiger partial charge in [0.2, 0.25) is 0 Å². The van der Waals surface area contributed by atoms with Gasteiger partial charge in [0.25, 0.3) is 5.91 Å². The summed E-state index contributed by atoms with van der Waals surface area (Å²) in [4.78, 5) is 12.2. The van der Waals surface area contributed by atoms with Gasteiger partial charge in [-0.15, -0.1) is 10.2 Å². The summed E-state index contributed by atoms with van der Waals surface area (Å²) in [6.45, 7) is 4.90. The zero-order chi connectivity index (χ0) is 13.7. The predicted octanol–water partition coefficient (Wildman–Crippen LogP) is 2.36. The van der Waals surface area contributed by atoms with Crippen molar-refractivity contribution in [2.75, 3.05) is 11.9 Å². The van der Waals surface area contributed by atoms with Crippen LogP contribution in [0.25, 0.3) is 0 Å². The molecular formula is C14H22N4O. The van der Waals surface area contributed by atoms with Crippen LogP contribution >= 0.6 is 0 Å². The summed E-state index contributed by atoms with van der Waals surface area (Å²) in [5.74, 6) is 0.572. The van der Waals surface area contributed by atoms with Crippen LogP contribution in [0, 0.1) is 0 Å². The van der Waals surface area contributed by atoms with E-state index in [0.717, 1.165) is 19.4 Å². The minimum atomic E-state index is -0.125. The first-order valence-corrected chi connectivity index (χ1v) is 7.03. The van der Waals surface area contributed by atoms with E-state index in [-0.39, 0.29) is 11.4 Å². The third-order valence-electron chi connectivity index (χ3n) is 3.63. The number of hydrogen-bond acceptors (Lipinski definition) is 4. The largest absolute Gasteiger partial charge is 0.369 e. The van der Waals surface area contributed by atoms with Crippen molar-refractivity contribution in [2.24, 2.45) is 0 Å². The quantitative estimate of drug-likeness (QED) is 0.874. The highest BCUT2D eigenvalue weighted by atomic mass is 16.2. The molecule has 1 amide bonds. The molecule has 0 aliphatic heterocycles. The zero-order valence-corrected chi connectivity index (χ0v) is 11.7. The second-order valence-electron chi connectivity index (χ2n) is 5.41. The molecule has 1 aliphatic carbocycles. The van der Waals surface area contributed by atoms with Crippen molar-refractivity contribution < 1.29 is 4.79 Å². The van der Waals surface area contributed by atoms with Crippen LogP contribution in [0.2, 0.25) is 0 Å². The molecule has 1 fully saturated rings. The van der Waals surface area contributed by atoms with Gasteiger partial charge in [-0.3, -0.25) is 4.79 Å². The number of anilines is 1. The lowest BCUT2D eigenvalue weighted by atomic mass is 9.83. The second-order valence-corrected chi connectivity index (χ2v) is 5.41. The molecule has 104 valence electrons. The molecule has 0 radical (unpaired) electrons. The van der Waals surface area contributed by atoms with Gasteiger partial charge < -0.3 is 10.6 Å². The number of carbonyl (C=O) groups is 1. The van der Waals surface area contributed by atoms with E-state index in [2.05, 4.69) is 27.8 Å². The number of rotatable bonds is 4. The smallest absolute Gasteiger partial charge is 0.272 e. The third kappa shape index (κ3) is 3.66. The van der Waals surface area contributed by atoms with Crippen LogP contribution in [0.15, 0.2) is 12.1 Å². The van der Waals surface area contributed by atoms with Gasteiger partial charge in [0, 0.05) is 12.1 Å². The molecule has 5 nitrogen and oxygen atoms in total. The van der Waals surface area contributed by atoms with Gasteiger partial charge in [0.05, 0.1) is 0 Å². The minimum Gasteiger partial charge on any atom is -0.369 e. The lowest BCUT2D eigenvalue weighted by Crippen LogP contribution is -2.47. The molecule has 0 unspecified atom stereocenters. The summed E-state index contributed by atoms with van der Waals surface area (Å²) >= 11 is 0. The Morgan fingerprint density at radius 2 is 2.00 bits per heavy atom. The standard InChI is InChI=1S/C14H22N4O/c1-3-15-12-8-7-11(17-18-12)13(19)16-14(2)9-5-4-6-10-14/h7-8H,3-6,9-10H2,1-2H3,(H,15,18)(H,16,19). The second kappa shape index (κ2) is 5.99. The molecule has 0 saturated heterocycles. The van der Waals surface area contributed by atoms with E-state index in [0.29, 0.717) is 11.5 Å². The van der Waals surface area contributed by atoms with Gasteiger partial charge in [0.15, 0.2) is 5.69 Å². The first-order valence-electron chi connectivity index (χ1n) is 7.03. The lowest BCUT2D eigenvalue weighted by molar-refractivity contribution is 0.0876. The maximum absolute atomic E-state index is 12.2. The number of nitrogens with zero attached hydrogens (tertiary/aromatic N) is 2. The maximum Gasteiger partial charge on any atom is 0.272 e. The topological polar surface area (TPSA) is 66.9 Å². The summed E-state index contributed by atoms with van der Waals surface area (Å²) in [5, 5.41) is 14.1. The lowest BCUT2D eigenvalue weighted by Gasteiger charge is -2.34. The van der Waals surface area contributed by atoms with E-state index >= 15 is 0 Å². The third-order valence-corrected chi connectivity index (χ3v) is 3.63. The Balaban J connectivity index is 1.99. The average Bonchev–Trinajstić information content (AvgIpc) is 2.40. The first-order chi connectivity index (χ1) is 9.13. The van der Waals surface area contributed by atoms with Crippen LogP contribution in [0.3, 0.4) is 0 Å². The summed E-state index contributed by atoms with van der Waals surface area (Å²) in [7, 11) is 0. The van der Waals surface area contributed by atoms with Crippen LogP contribution in [-0.4, -0.2) is 28.2 Å². The Hall–Kier alpha value is -1.65. The molecule has 2 rings (SSSR count). The van der Waals surface area contributed by atoms with Crippen molar-refractivity contribution in [3.63, 3.8) is 0 Å². The summed E-state index contributed by atoms with van der Waals surface area (Å²) in [5.41, 5.74) is 0.297. The van der Waals surface area contributed by atoms with Gasteiger partial charge in [-0.05, 0) is 38.8 Å². The molecule has 0 bridgehead atoms. The van der Waals surface area contributed by atoms with Crippen LogP contribution in [0.5, 0.6) is 0 Å². The van der Waals surface area contributed by atoms with Crippen LogP contribution in [-0.2, 0) is 0 Å². The Morgan fingerprint density at radius 3 is 2.58 bits per heavy atom. The van der Waals surface area contributed by atoms with Gasteiger partial charge in [-0.25, -0.2) is 0 Å². The molecule has 1 aromatic heterocycles. The van der Waals surface area contributed by atoms with Crippen LogP contribution in [0.4, 0.5) is 5.82 Å². The van der Waals surface area contributed by atoms with Crippen LogP contribution < -0.4 is 10.6 Å². The SMILES string of the molecule is CCNc1ccc(C(=O)NC2(C)CCCCC2)nn1. The monoisotopic (exact) mass is 262 g/mol. The fourth-order valence-corrected chi connectivity index (χ4v) is 2.52. The first kappa shape index (κ1) is 13.8. The Bertz CT molecular complexity index is 424. The maximum atomic E-state index is 12.2. The molecule has 1 aromatic rings. The highest BCUT2D eigenvalue weighted by molar-refractivity contribution is 5.92. The predicted molar refractivity (Wildman–Crippen MR) is 75.2 cm³/mol. The van der Waals surface area contributed by atoms with Gasteiger partial charge in [0.1, 0.15) is 5.82 Å². The fraction of sp³-hybridized carbons (Fsp3) is 0.643. The number of carbonyl (C=O) groups excluding carboxylic acids is 1. The van der Waals surface area contributed by atoms with Crippen molar-refractivity contribution >= 4 is 11.7 Å². The minimum absolute atomic E-state index is 0.0860. The normalized spacial score (nSPS) is 17.8. The molecular weight excluding hydrogens is 240 g/mol. The number of amides is 1. The van der Waals surface area contributed by atoms with Crippen molar-refractivity contribution in [2.45, 2.75) is 51.5 Å². The summed E-state index contributed by atoms with van der Waals surface area (Å²) in [6.07, 6.45) is 5.72. The Labute approximate surface area is 114 Å². The number of hydrogen-bond donors (Lipinski definition) is 2. The van der Waals surface area contributed by atoms with E-state index in [9.17, 15) is 4.79 Å². The molecule has 1 saturated carbocycles. The van der Waals surface area contributed by atoms with E-state index in [1.165, 1.54) is 19.3 Å². The molecule has 2 N–H and O–H groups in total. The van der Waals surface area contributed by atoms with Gasteiger partial charge >= 0.3 is 0 Å². The molecule has 5 heteroatoms. The zero-order valence-electron chi connectivity index (χ0n) is 11.7. The molecule has 0 aromatic carbocycles. The molecule has 0 atom stereocenters. The van der Waals surface area contributed by atoms with Crippen molar-refractivity contribution in [3.05, 3.63) is 17.8 Å².